The molecule has 158 valence electrons. The summed E-state index contributed by atoms with van der Waals surface area (Å²) in [7, 11) is 0. The van der Waals surface area contributed by atoms with Gasteiger partial charge in [-0.05, 0) is 30.5 Å². The van der Waals surface area contributed by atoms with E-state index in [0.29, 0.717) is 36.4 Å². The molecule has 1 aliphatic rings. The summed E-state index contributed by atoms with van der Waals surface area (Å²) in [5.74, 6) is 0.458. The van der Waals surface area contributed by atoms with Crippen molar-refractivity contribution in [2.75, 3.05) is 18.5 Å². The Morgan fingerprint density at radius 3 is 2.55 bits per heavy atom. The van der Waals surface area contributed by atoms with Gasteiger partial charge in [0.15, 0.2) is 0 Å². The number of hydrogen-bond acceptors (Lipinski definition) is 5. The topological polar surface area (TPSA) is 68.2 Å². The second-order valence-corrected chi connectivity index (χ2v) is 7.56. The first kappa shape index (κ1) is 21.2. The molecule has 0 saturated heterocycles. The zero-order valence-corrected chi connectivity index (χ0v) is 16.6. The number of nitrogens with zero attached hydrogens (tertiary/aromatic N) is 2. The molecule has 6 nitrogen and oxygen atoms in total. The van der Waals surface area contributed by atoms with Crippen LogP contribution < -0.4 is 21.0 Å². The highest BCUT2D eigenvalue weighted by Crippen LogP contribution is 2.30. The van der Waals surface area contributed by atoms with Crippen LogP contribution in [0.4, 0.5) is 19.1 Å². The molecular formula is C20H25F3N4O2. The van der Waals surface area contributed by atoms with Crippen molar-refractivity contribution < 1.29 is 18.0 Å². The maximum atomic E-state index is 12.9. The van der Waals surface area contributed by atoms with E-state index in [-0.39, 0.29) is 23.5 Å². The third-order valence-corrected chi connectivity index (χ3v) is 4.69. The van der Waals surface area contributed by atoms with Crippen LogP contribution >= 0.6 is 0 Å². The lowest BCUT2D eigenvalue weighted by Gasteiger charge is -2.23. The van der Waals surface area contributed by atoms with Gasteiger partial charge in [0.1, 0.15) is 6.61 Å². The Bertz CT molecular complexity index is 908. The number of alkyl halides is 3. The first-order valence-corrected chi connectivity index (χ1v) is 9.59. The zero-order chi connectivity index (χ0) is 21.2. The quantitative estimate of drug-likeness (QED) is 0.766. The Morgan fingerprint density at radius 2 is 1.93 bits per heavy atom. The Hall–Kier alpha value is -2.55. The predicted molar refractivity (Wildman–Crippen MR) is 104 cm³/mol. The van der Waals surface area contributed by atoms with Gasteiger partial charge in [-0.2, -0.15) is 13.2 Å². The molecule has 1 aromatic carbocycles. The molecule has 0 spiro atoms. The number of nitrogens with one attached hydrogen (secondary N) is 2. The second kappa shape index (κ2) is 8.44. The van der Waals surface area contributed by atoms with Crippen molar-refractivity contribution in [3.05, 3.63) is 57.0 Å². The SMILES string of the molecule is CC(C)COn1c(N[C@@H](C)c2ccc(C(F)(F)F)cc2)nc2c(c1=O)CNCC2. The van der Waals surface area contributed by atoms with Gasteiger partial charge in [0, 0.05) is 19.5 Å². The van der Waals surface area contributed by atoms with Crippen molar-refractivity contribution in [3.8, 4) is 0 Å². The van der Waals surface area contributed by atoms with E-state index < -0.39 is 11.7 Å². The van der Waals surface area contributed by atoms with Gasteiger partial charge in [0.25, 0.3) is 5.56 Å². The Balaban J connectivity index is 1.90. The Labute approximate surface area is 167 Å². The first-order chi connectivity index (χ1) is 13.7. The monoisotopic (exact) mass is 410 g/mol. The predicted octanol–water partition coefficient (Wildman–Crippen LogP) is 3.17. The van der Waals surface area contributed by atoms with Crippen molar-refractivity contribution in [2.24, 2.45) is 5.92 Å². The number of fused-ring (bicyclic) bond motifs is 1. The van der Waals surface area contributed by atoms with Crippen LogP contribution in [0.2, 0.25) is 0 Å². The standard InChI is InChI=1S/C20H25F3N4O2/c1-12(2)11-29-27-18(28)16-10-24-9-8-17(16)26-19(27)25-13(3)14-4-6-15(7-5-14)20(21,22)23/h4-7,12-13,24H,8-11H2,1-3H3,(H,25,26)/t13-/m0/s1. The molecule has 2 aromatic rings. The number of rotatable bonds is 6. The van der Waals surface area contributed by atoms with Crippen LogP contribution in [0.5, 0.6) is 0 Å². The van der Waals surface area contributed by atoms with Crippen LogP contribution in [0.15, 0.2) is 29.1 Å². The molecule has 9 heteroatoms. The minimum Gasteiger partial charge on any atom is -0.407 e. The van der Waals surface area contributed by atoms with Gasteiger partial charge >= 0.3 is 6.18 Å². The van der Waals surface area contributed by atoms with E-state index in [1.165, 1.54) is 12.1 Å². The first-order valence-electron chi connectivity index (χ1n) is 9.59. The Morgan fingerprint density at radius 1 is 1.24 bits per heavy atom. The third kappa shape index (κ3) is 4.90. The number of anilines is 1. The number of halogens is 3. The van der Waals surface area contributed by atoms with Crippen molar-refractivity contribution >= 4 is 5.95 Å². The number of hydrogen-bond donors (Lipinski definition) is 2. The van der Waals surface area contributed by atoms with Crippen molar-refractivity contribution in [1.82, 2.24) is 15.0 Å². The molecule has 0 radical (unpaired) electrons. The average molecular weight is 410 g/mol. The molecule has 0 saturated carbocycles. The normalized spacial score (nSPS) is 15.1. The number of aromatic nitrogens is 2. The average Bonchev–Trinajstić information content (AvgIpc) is 2.67. The minimum absolute atomic E-state index is 0.205. The van der Waals surface area contributed by atoms with Crippen molar-refractivity contribution in [1.29, 1.82) is 0 Å². The molecule has 0 bridgehead atoms. The molecule has 0 fully saturated rings. The van der Waals surface area contributed by atoms with E-state index >= 15 is 0 Å². The summed E-state index contributed by atoms with van der Waals surface area (Å²) < 4.78 is 39.5. The van der Waals surface area contributed by atoms with Gasteiger partial charge in [0.05, 0.1) is 22.9 Å². The maximum absolute atomic E-state index is 12.9. The lowest BCUT2D eigenvalue weighted by molar-refractivity contribution is -0.137. The van der Waals surface area contributed by atoms with E-state index in [1.807, 2.05) is 13.8 Å². The molecule has 2 heterocycles. The summed E-state index contributed by atoms with van der Waals surface area (Å²) in [6, 6.07) is 4.54. The summed E-state index contributed by atoms with van der Waals surface area (Å²) in [6.45, 7) is 7.22. The van der Waals surface area contributed by atoms with E-state index in [0.717, 1.165) is 23.4 Å². The van der Waals surface area contributed by atoms with E-state index in [2.05, 4.69) is 15.6 Å². The second-order valence-electron chi connectivity index (χ2n) is 7.56. The highest BCUT2D eigenvalue weighted by Gasteiger charge is 2.30. The minimum atomic E-state index is -4.38. The van der Waals surface area contributed by atoms with E-state index in [9.17, 15) is 18.0 Å². The summed E-state index contributed by atoms with van der Waals surface area (Å²) in [4.78, 5) is 23.2. The highest BCUT2D eigenvalue weighted by atomic mass is 19.4. The highest BCUT2D eigenvalue weighted by molar-refractivity contribution is 5.37. The van der Waals surface area contributed by atoms with Gasteiger partial charge in [-0.3, -0.25) is 4.79 Å². The van der Waals surface area contributed by atoms with E-state index in [1.54, 1.807) is 6.92 Å². The molecule has 0 unspecified atom stereocenters. The molecule has 29 heavy (non-hydrogen) atoms. The molecule has 1 atom stereocenters. The van der Waals surface area contributed by atoms with Gasteiger partial charge in [0.2, 0.25) is 5.95 Å². The lowest BCUT2D eigenvalue weighted by atomic mass is 10.1. The molecular weight excluding hydrogens is 385 g/mol. The molecule has 0 aliphatic carbocycles. The third-order valence-electron chi connectivity index (χ3n) is 4.69. The zero-order valence-electron chi connectivity index (χ0n) is 16.6. The van der Waals surface area contributed by atoms with Gasteiger partial charge in [-0.1, -0.05) is 26.0 Å². The van der Waals surface area contributed by atoms with Crippen LogP contribution in [0, 0.1) is 5.92 Å². The molecule has 1 aliphatic heterocycles. The van der Waals surface area contributed by atoms with Crippen LogP contribution in [0.3, 0.4) is 0 Å². The van der Waals surface area contributed by atoms with Crippen LogP contribution in [0.1, 0.15) is 49.2 Å². The Kier molecular flexibility index (Phi) is 6.16. The summed E-state index contributed by atoms with van der Waals surface area (Å²) in [5.41, 5.74) is 0.949. The number of benzene rings is 1. The fourth-order valence-electron chi connectivity index (χ4n) is 3.06. The molecule has 0 amide bonds. The molecule has 2 N–H and O–H groups in total. The van der Waals surface area contributed by atoms with Crippen LogP contribution in [-0.2, 0) is 19.1 Å². The fraction of sp³-hybridized carbons (Fsp3) is 0.500. The molecule has 3 rings (SSSR count). The van der Waals surface area contributed by atoms with Gasteiger partial charge in [-0.15, -0.1) is 4.73 Å². The smallest absolute Gasteiger partial charge is 0.407 e. The lowest BCUT2D eigenvalue weighted by Crippen LogP contribution is -2.39. The maximum Gasteiger partial charge on any atom is 0.416 e. The summed E-state index contributed by atoms with van der Waals surface area (Å²) >= 11 is 0. The van der Waals surface area contributed by atoms with Gasteiger partial charge in [-0.25, -0.2) is 4.98 Å². The summed E-state index contributed by atoms with van der Waals surface area (Å²) in [6.07, 6.45) is -3.76. The van der Waals surface area contributed by atoms with Crippen LogP contribution in [-0.4, -0.2) is 22.9 Å². The van der Waals surface area contributed by atoms with Crippen molar-refractivity contribution in [2.45, 2.75) is 46.0 Å². The largest absolute Gasteiger partial charge is 0.416 e. The summed E-state index contributed by atoms with van der Waals surface area (Å²) in [5, 5.41) is 6.28. The van der Waals surface area contributed by atoms with Gasteiger partial charge < -0.3 is 15.5 Å². The van der Waals surface area contributed by atoms with E-state index in [4.69, 9.17) is 4.84 Å². The van der Waals surface area contributed by atoms with Crippen LogP contribution in [0.25, 0.3) is 0 Å². The molecule has 1 aromatic heterocycles. The fourth-order valence-corrected chi connectivity index (χ4v) is 3.06. The van der Waals surface area contributed by atoms with Crippen molar-refractivity contribution in [3.63, 3.8) is 0 Å².